The van der Waals surface area contributed by atoms with Gasteiger partial charge >= 0.3 is 5.69 Å². The molecule has 8 heteroatoms. The Morgan fingerprint density at radius 3 is 2.53 bits per heavy atom. The Morgan fingerprint density at radius 1 is 1.40 bits per heavy atom. The van der Waals surface area contributed by atoms with Crippen molar-refractivity contribution in [2.24, 2.45) is 0 Å². The van der Waals surface area contributed by atoms with Crippen molar-refractivity contribution in [2.45, 2.75) is 6.92 Å². The first-order valence-electron chi connectivity index (χ1n) is 4.09. The second-order valence-corrected chi connectivity index (χ2v) is 2.61. The average molecular weight is 212 g/mol. The molecule has 15 heavy (non-hydrogen) atoms. The van der Waals surface area contributed by atoms with Gasteiger partial charge in [-0.2, -0.15) is 0 Å². The highest BCUT2D eigenvalue weighted by atomic mass is 16.6. The van der Waals surface area contributed by atoms with Gasteiger partial charge in [0.05, 0.1) is 15.9 Å². The highest BCUT2D eigenvalue weighted by Gasteiger charge is 2.20. The van der Waals surface area contributed by atoms with E-state index >= 15 is 0 Å². The van der Waals surface area contributed by atoms with E-state index in [4.69, 9.17) is 0 Å². The van der Waals surface area contributed by atoms with Gasteiger partial charge in [0.2, 0.25) is 5.82 Å². The van der Waals surface area contributed by atoms with Gasteiger partial charge in [-0.05, 0) is 6.92 Å². The third-order valence-electron chi connectivity index (χ3n) is 1.60. The maximum Gasteiger partial charge on any atom is 0.318 e. The van der Waals surface area contributed by atoms with Gasteiger partial charge in [-0.25, -0.2) is 4.98 Å². The van der Waals surface area contributed by atoms with Crippen molar-refractivity contribution in [2.75, 3.05) is 11.9 Å². The van der Waals surface area contributed by atoms with Crippen LogP contribution in [0.3, 0.4) is 0 Å². The number of hydrogen-bond acceptors (Lipinski definition) is 6. The van der Waals surface area contributed by atoms with E-state index in [0.29, 0.717) is 6.54 Å². The Bertz CT molecular complexity index is 406. The molecule has 0 aliphatic heterocycles. The van der Waals surface area contributed by atoms with E-state index in [1.54, 1.807) is 6.92 Å². The number of nitro groups is 2. The molecule has 1 N–H and O–H groups in total. The molecule has 0 spiro atoms. The first kappa shape index (κ1) is 10.8. The largest absolute Gasteiger partial charge is 0.365 e. The van der Waals surface area contributed by atoms with E-state index in [1.165, 1.54) is 0 Å². The molecule has 0 saturated heterocycles. The Balaban J connectivity index is 3.20. The average Bonchev–Trinajstić information content (AvgIpc) is 2.18. The van der Waals surface area contributed by atoms with Gasteiger partial charge in [0.25, 0.3) is 5.69 Å². The van der Waals surface area contributed by atoms with Crippen LogP contribution in [0.5, 0.6) is 0 Å². The number of aromatic nitrogens is 1. The van der Waals surface area contributed by atoms with Crippen LogP contribution in [0.15, 0.2) is 12.3 Å². The van der Waals surface area contributed by atoms with Gasteiger partial charge in [-0.1, -0.05) is 0 Å². The predicted molar refractivity (Wildman–Crippen MR) is 51.7 cm³/mol. The lowest BCUT2D eigenvalue weighted by molar-refractivity contribution is -0.394. The minimum atomic E-state index is -0.726. The fraction of sp³-hybridized carbons (Fsp3) is 0.286. The lowest BCUT2D eigenvalue weighted by Gasteiger charge is -2.01. The van der Waals surface area contributed by atoms with E-state index < -0.39 is 21.2 Å². The van der Waals surface area contributed by atoms with Crippen molar-refractivity contribution in [3.8, 4) is 0 Å². The van der Waals surface area contributed by atoms with Gasteiger partial charge in [0.15, 0.2) is 0 Å². The smallest absolute Gasteiger partial charge is 0.318 e. The Hall–Kier alpha value is -2.25. The number of nitrogens with one attached hydrogen (secondary N) is 1. The van der Waals surface area contributed by atoms with Crippen LogP contribution in [-0.4, -0.2) is 21.4 Å². The minimum Gasteiger partial charge on any atom is -0.365 e. The molecule has 80 valence electrons. The zero-order valence-electron chi connectivity index (χ0n) is 7.84. The summed E-state index contributed by atoms with van der Waals surface area (Å²) in [5, 5.41) is 23.6. The minimum absolute atomic E-state index is 0.0353. The van der Waals surface area contributed by atoms with Gasteiger partial charge < -0.3 is 5.32 Å². The molecule has 1 heterocycles. The first-order valence-corrected chi connectivity index (χ1v) is 4.09. The highest BCUT2D eigenvalue weighted by molar-refractivity contribution is 5.59. The van der Waals surface area contributed by atoms with E-state index in [1.807, 2.05) is 0 Å². The molecule has 0 amide bonds. The van der Waals surface area contributed by atoms with Crippen LogP contribution in [0, 0.1) is 20.2 Å². The normalized spacial score (nSPS) is 9.67. The lowest BCUT2D eigenvalue weighted by Crippen LogP contribution is -2.04. The van der Waals surface area contributed by atoms with Crippen LogP contribution in [0.4, 0.5) is 17.2 Å². The van der Waals surface area contributed by atoms with Crippen molar-refractivity contribution >= 4 is 17.2 Å². The lowest BCUT2D eigenvalue weighted by atomic mass is 10.3. The Kier molecular flexibility index (Phi) is 3.11. The van der Waals surface area contributed by atoms with Gasteiger partial charge in [0, 0.05) is 6.54 Å². The standard InChI is InChI=1S/C7H8N4O4/c1-2-8-7-6(11(14)15)3-5(4-9-7)10(12)13/h3-4H,2H2,1H3,(H,8,9). The van der Waals surface area contributed by atoms with Crippen LogP contribution in [-0.2, 0) is 0 Å². The molecule has 0 aliphatic carbocycles. The topological polar surface area (TPSA) is 111 Å². The Morgan fingerprint density at radius 2 is 2.07 bits per heavy atom. The molecule has 0 bridgehead atoms. The maximum absolute atomic E-state index is 10.6. The molecule has 0 fully saturated rings. The summed E-state index contributed by atoms with van der Waals surface area (Å²) in [6.07, 6.45) is 0.977. The molecule has 0 radical (unpaired) electrons. The monoisotopic (exact) mass is 212 g/mol. The fourth-order valence-electron chi connectivity index (χ4n) is 0.985. The van der Waals surface area contributed by atoms with E-state index in [9.17, 15) is 20.2 Å². The number of nitrogens with zero attached hydrogens (tertiary/aromatic N) is 3. The van der Waals surface area contributed by atoms with Crippen LogP contribution >= 0.6 is 0 Å². The van der Waals surface area contributed by atoms with E-state index in [-0.39, 0.29) is 5.82 Å². The van der Waals surface area contributed by atoms with Crippen LogP contribution in [0.25, 0.3) is 0 Å². The zero-order valence-corrected chi connectivity index (χ0v) is 7.84. The maximum atomic E-state index is 10.6. The summed E-state index contributed by atoms with van der Waals surface area (Å²) in [6, 6.07) is 0.880. The second-order valence-electron chi connectivity index (χ2n) is 2.61. The molecule has 0 aromatic carbocycles. The molecule has 0 atom stereocenters. The summed E-state index contributed by atoms with van der Waals surface area (Å²) >= 11 is 0. The van der Waals surface area contributed by atoms with Crippen molar-refractivity contribution in [1.29, 1.82) is 0 Å². The van der Waals surface area contributed by atoms with Gasteiger partial charge in [-0.15, -0.1) is 0 Å². The molecule has 0 unspecified atom stereocenters. The SMILES string of the molecule is CCNc1ncc([N+](=O)[O-])cc1[N+](=O)[O-]. The number of anilines is 1. The molecular formula is C7H8N4O4. The summed E-state index contributed by atoms with van der Waals surface area (Å²) in [5.41, 5.74) is -0.797. The van der Waals surface area contributed by atoms with E-state index in [2.05, 4.69) is 10.3 Å². The van der Waals surface area contributed by atoms with Gasteiger partial charge in [-0.3, -0.25) is 20.2 Å². The number of rotatable bonds is 4. The van der Waals surface area contributed by atoms with Crippen molar-refractivity contribution < 1.29 is 9.85 Å². The highest BCUT2D eigenvalue weighted by Crippen LogP contribution is 2.25. The number of hydrogen-bond donors (Lipinski definition) is 1. The van der Waals surface area contributed by atoms with Crippen molar-refractivity contribution in [3.05, 3.63) is 32.5 Å². The van der Waals surface area contributed by atoms with Crippen LogP contribution < -0.4 is 5.32 Å². The summed E-state index contributed by atoms with van der Waals surface area (Å²) in [5.74, 6) is 0.0353. The van der Waals surface area contributed by atoms with Crippen LogP contribution in [0.2, 0.25) is 0 Å². The van der Waals surface area contributed by atoms with E-state index in [0.717, 1.165) is 12.3 Å². The number of pyridine rings is 1. The first-order chi connectivity index (χ1) is 7.06. The second kappa shape index (κ2) is 4.31. The summed E-state index contributed by atoms with van der Waals surface area (Å²) in [6.45, 7) is 2.19. The third kappa shape index (κ3) is 2.36. The molecular weight excluding hydrogens is 204 g/mol. The van der Waals surface area contributed by atoms with Crippen molar-refractivity contribution in [3.63, 3.8) is 0 Å². The molecule has 8 nitrogen and oxygen atoms in total. The fourth-order valence-corrected chi connectivity index (χ4v) is 0.985. The summed E-state index contributed by atoms with van der Waals surface area (Å²) in [7, 11) is 0. The predicted octanol–water partition coefficient (Wildman–Crippen LogP) is 1.33. The molecule has 1 rings (SSSR count). The molecule has 0 saturated carbocycles. The van der Waals surface area contributed by atoms with Gasteiger partial charge in [0.1, 0.15) is 6.20 Å². The molecule has 1 aromatic heterocycles. The van der Waals surface area contributed by atoms with Crippen molar-refractivity contribution in [1.82, 2.24) is 4.98 Å². The summed E-state index contributed by atoms with van der Waals surface area (Å²) in [4.78, 5) is 23.1. The Labute approximate surface area is 84.2 Å². The summed E-state index contributed by atoms with van der Waals surface area (Å²) < 4.78 is 0. The molecule has 0 aliphatic rings. The third-order valence-corrected chi connectivity index (χ3v) is 1.60. The molecule has 1 aromatic rings. The quantitative estimate of drug-likeness (QED) is 0.595. The zero-order chi connectivity index (χ0) is 11.4. The van der Waals surface area contributed by atoms with Crippen LogP contribution in [0.1, 0.15) is 6.92 Å².